The predicted octanol–water partition coefficient (Wildman–Crippen LogP) is 3.11. The number of nitrogens with two attached hydrogens (primary N) is 1. The van der Waals surface area contributed by atoms with Gasteiger partial charge in [0.25, 0.3) is 10.0 Å². The summed E-state index contributed by atoms with van der Waals surface area (Å²) in [6, 6.07) is 20.7. The molecule has 0 aliphatic rings. The summed E-state index contributed by atoms with van der Waals surface area (Å²) in [4.78, 5) is 12.8. The van der Waals surface area contributed by atoms with Crippen LogP contribution < -0.4 is 14.8 Å². The maximum atomic E-state index is 13.3. The average Bonchev–Trinajstić information content (AvgIpc) is 2.79. The molecule has 34 heavy (non-hydrogen) atoms. The topological polar surface area (TPSA) is 127 Å². The van der Waals surface area contributed by atoms with Crippen molar-refractivity contribution in [2.24, 2.45) is 5.14 Å². The van der Waals surface area contributed by atoms with Gasteiger partial charge in [-0.25, -0.2) is 22.0 Å². The van der Waals surface area contributed by atoms with Crippen LogP contribution in [0, 0.1) is 6.92 Å². The van der Waals surface area contributed by atoms with Crippen LogP contribution in [-0.4, -0.2) is 29.3 Å². The summed E-state index contributed by atoms with van der Waals surface area (Å²) < 4.78 is 50.7. The van der Waals surface area contributed by atoms with Gasteiger partial charge in [-0.3, -0.25) is 9.10 Å². The second-order valence-corrected chi connectivity index (χ2v) is 11.3. The largest absolute Gasteiger partial charge is 0.350 e. The normalized spacial score (nSPS) is 12.7. The van der Waals surface area contributed by atoms with E-state index in [4.69, 9.17) is 5.14 Å². The Balaban J connectivity index is 1.74. The van der Waals surface area contributed by atoms with E-state index in [1.165, 1.54) is 16.4 Å². The van der Waals surface area contributed by atoms with Gasteiger partial charge in [-0.2, -0.15) is 0 Å². The molecule has 1 atom stereocenters. The minimum absolute atomic E-state index is 0.0189. The van der Waals surface area contributed by atoms with Gasteiger partial charge in [0.2, 0.25) is 15.9 Å². The molecule has 0 heterocycles. The lowest BCUT2D eigenvalue weighted by atomic mass is 10.1. The first-order valence-corrected chi connectivity index (χ1v) is 13.5. The number of para-hydroxylation sites is 1. The smallest absolute Gasteiger partial charge is 0.264 e. The first-order chi connectivity index (χ1) is 16.0. The third kappa shape index (κ3) is 6.22. The van der Waals surface area contributed by atoms with E-state index in [0.717, 1.165) is 5.56 Å². The molecule has 0 spiro atoms. The monoisotopic (exact) mass is 501 g/mol. The van der Waals surface area contributed by atoms with Gasteiger partial charge in [0.1, 0.15) is 0 Å². The van der Waals surface area contributed by atoms with Gasteiger partial charge in [0.15, 0.2) is 0 Å². The molecule has 1 amide bonds. The van der Waals surface area contributed by atoms with E-state index in [1.54, 1.807) is 73.7 Å². The number of nitrogens with one attached hydrogen (secondary N) is 1. The predicted molar refractivity (Wildman–Crippen MR) is 131 cm³/mol. The van der Waals surface area contributed by atoms with Gasteiger partial charge in [-0.15, -0.1) is 0 Å². The van der Waals surface area contributed by atoms with Crippen molar-refractivity contribution in [3.8, 4) is 0 Å². The molecule has 3 aromatic carbocycles. The molecule has 0 saturated heterocycles. The number of hydrogen-bond acceptors (Lipinski definition) is 5. The molecule has 3 N–H and O–H groups in total. The van der Waals surface area contributed by atoms with Crippen LogP contribution in [-0.2, 0) is 24.8 Å². The first-order valence-electron chi connectivity index (χ1n) is 10.5. The number of benzene rings is 3. The number of carbonyl (C=O) groups is 1. The van der Waals surface area contributed by atoms with Crippen LogP contribution in [0.5, 0.6) is 0 Å². The van der Waals surface area contributed by atoms with Crippen LogP contribution in [0.25, 0.3) is 0 Å². The van der Waals surface area contributed by atoms with Gasteiger partial charge in [-0.05, 0) is 55.8 Å². The van der Waals surface area contributed by atoms with Crippen molar-refractivity contribution in [2.45, 2.75) is 36.1 Å². The Hall–Kier alpha value is -3.21. The molecule has 0 fully saturated rings. The highest BCUT2D eigenvalue weighted by atomic mass is 32.2. The second kappa shape index (κ2) is 10.4. The van der Waals surface area contributed by atoms with E-state index in [9.17, 15) is 21.6 Å². The third-order valence-electron chi connectivity index (χ3n) is 5.28. The highest BCUT2D eigenvalue weighted by Gasteiger charge is 2.25. The molecule has 0 aliphatic carbocycles. The zero-order chi connectivity index (χ0) is 24.9. The lowest BCUT2D eigenvalue weighted by molar-refractivity contribution is -0.121. The van der Waals surface area contributed by atoms with Crippen LogP contribution >= 0.6 is 0 Å². The van der Waals surface area contributed by atoms with Crippen LogP contribution in [0.3, 0.4) is 0 Å². The summed E-state index contributed by atoms with van der Waals surface area (Å²) in [5.74, 6) is -0.344. The van der Waals surface area contributed by atoms with E-state index in [2.05, 4.69) is 5.32 Å². The van der Waals surface area contributed by atoms with Crippen molar-refractivity contribution in [3.05, 3.63) is 90.0 Å². The Morgan fingerprint density at radius 2 is 1.44 bits per heavy atom. The standard InChI is InChI=1S/C24H27N3O5S2/c1-18-8-12-23(13-9-18)34(31,32)27(21-6-4-3-5-7-21)17-16-24(28)26-19(2)20-10-14-22(15-11-20)33(25,29)30/h3-15,19H,16-17H2,1-2H3,(H,26,28)(H2,25,29,30)/t19-/m0/s1. The summed E-state index contributed by atoms with van der Waals surface area (Å²) in [7, 11) is -7.68. The number of primary sulfonamides is 1. The van der Waals surface area contributed by atoms with Gasteiger partial charge in [0.05, 0.1) is 21.5 Å². The molecule has 0 unspecified atom stereocenters. The lowest BCUT2D eigenvalue weighted by Crippen LogP contribution is -2.36. The quantitative estimate of drug-likeness (QED) is 0.466. The number of hydrogen-bond donors (Lipinski definition) is 2. The average molecular weight is 502 g/mol. The number of nitrogens with zero attached hydrogens (tertiary/aromatic N) is 1. The molecule has 0 radical (unpaired) electrons. The lowest BCUT2D eigenvalue weighted by Gasteiger charge is -2.25. The minimum Gasteiger partial charge on any atom is -0.350 e. The molecule has 0 aromatic heterocycles. The number of aryl methyl sites for hydroxylation is 1. The van der Waals surface area contributed by atoms with Crippen molar-refractivity contribution in [2.75, 3.05) is 10.8 Å². The fourth-order valence-corrected chi connectivity index (χ4v) is 5.35. The van der Waals surface area contributed by atoms with E-state index in [1.807, 2.05) is 6.92 Å². The molecule has 10 heteroatoms. The van der Waals surface area contributed by atoms with Crippen LogP contribution in [0.2, 0.25) is 0 Å². The number of rotatable bonds is 9. The van der Waals surface area contributed by atoms with Crippen LogP contribution in [0.1, 0.15) is 30.5 Å². The summed E-state index contributed by atoms with van der Waals surface area (Å²) in [6.07, 6.45) is -0.0699. The zero-order valence-corrected chi connectivity index (χ0v) is 20.5. The van der Waals surface area contributed by atoms with Crippen molar-refractivity contribution < 1.29 is 21.6 Å². The summed E-state index contributed by atoms with van der Waals surface area (Å²) in [6.45, 7) is 3.57. The highest BCUT2D eigenvalue weighted by molar-refractivity contribution is 7.92. The second-order valence-electron chi connectivity index (χ2n) is 7.88. The minimum atomic E-state index is -3.88. The molecule has 0 saturated carbocycles. The van der Waals surface area contributed by atoms with Gasteiger partial charge >= 0.3 is 0 Å². The van der Waals surface area contributed by atoms with Crippen molar-refractivity contribution in [1.29, 1.82) is 0 Å². The Kier molecular flexibility index (Phi) is 7.75. The van der Waals surface area contributed by atoms with E-state index in [0.29, 0.717) is 11.3 Å². The van der Waals surface area contributed by atoms with Gasteiger partial charge in [-0.1, -0.05) is 48.0 Å². The molecule has 0 aliphatic heterocycles. The molecule has 0 bridgehead atoms. The molecular weight excluding hydrogens is 474 g/mol. The SMILES string of the molecule is Cc1ccc(S(=O)(=O)N(CCC(=O)N[C@@H](C)c2ccc(S(N)(=O)=O)cc2)c2ccccc2)cc1. The first kappa shape index (κ1) is 25.4. The fraction of sp³-hybridized carbons (Fsp3) is 0.208. The summed E-state index contributed by atoms with van der Waals surface area (Å²) in [5, 5.41) is 7.93. The van der Waals surface area contributed by atoms with Crippen molar-refractivity contribution in [3.63, 3.8) is 0 Å². The Bertz CT molecular complexity index is 1340. The molecular formula is C24H27N3O5S2. The van der Waals surface area contributed by atoms with Crippen LogP contribution in [0.4, 0.5) is 5.69 Å². The van der Waals surface area contributed by atoms with Crippen LogP contribution in [0.15, 0.2) is 88.7 Å². The molecule has 3 aromatic rings. The highest BCUT2D eigenvalue weighted by Crippen LogP contribution is 2.24. The molecule has 3 rings (SSSR count). The van der Waals surface area contributed by atoms with E-state index < -0.39 is 26.1 Å². The van der Waals surface area contributed by atoms with Gasteiger partial charge < -0.3 is 5.32 Å². The van der Waals surface area contributed by atoms with Gasteiger partial charge in [0, 0.05) is 13.0 Å². The number of amides is 1. The Morgan fingerprint density at radius 3 is 2.00 bits per heavy atom. The fourth-order valence-electron chi connectivity index (χ4n) is 3.37. The maximum Gasteiger partial charge on any atom is 0.264 e. The number of carbonyl (C=O) groups excluding carboxylic acids is 1. The number of sulfonamides is 2. The third-order valence-corrected chi connectivity index (χ3v) is 8.05. The van der Waals surface area contributed by atoms with E-state index in [-0.39, 0.29) is 28.7 Å². The summed E-state index contributed by atoms with van der Waals surface area (Å²) in [5.41, 5.74) is 2.09. The number of anilines is 1. The van der Waals surface area contributed by atoms with E-state index >= 15 is 0 Å². The van der Waals surface area contributed by atoms with Crippen molar-refractivity contribution in [1.82, 2.24) is 5.32 Å². The Morgan fingerprint density at radius 1 is 0.882 bits per heavy atom. The molecule has 180 valence electrons. The summed E-state index contributed by atoms with van der Waals surface area (Å²) >= 11 is 0. The maximum absolute atomic E-state index is 13.3. The van der Waals surface area contributed by atoms with Crippen molar-refractivity contribution >= 4 is 31.6 Å². The zero-order valence-electron chi connectivity index (χ0n) is 18.9. The Labute approximate surface area is 200 Å². The molecule has 8 nitrogen and oxygen atoms in total.